The van der Waals surface area contributed by atoms with Crippen LogP contribution in [0.5, 0.6) is 0 Å². The number of hydrogen-bond donors (Lipinski definition) is 2. The van der Waals surface area contributed by atoms with Crippen molar-refractivity contribution in [2.24, 2.45) is 0 Å². The van der Waals surface area contributed by atoms with E-state index in [0.29, 0.717) is 5.69 Å². The van der Waals surface area contributed by atoms with Gasteiger partial charge in [0.25, 0.3) is 0 Å². The van der Waals surface area contributed by atoms with Gasteiger partial charge in [-0.15, -0.1) is 11.3 Å². The van der Waals surface area contributed by atoms with Crippen LogP contribution in [0.4, 0.5) is 11.5 Å². The molecule has 0 aromatic carbocycles. The van der Waals surface area contributed by atoms with E-state index < -0.39 is 0 Å². The molecule has 0 saturated carbocycles. The first-order valence-corrected chi connectivity index (χ1v) is 7.10. The van der Waals surface area contributed by atoms with Crippen LogP contribution in [-0.2, 0) is 19.4 Å². The number of anilines is 2. The van der Waals surface area contributed by atoms with Crippen molar-refractivity contribution in [3.05, 3.63) is 39.2 Å². The molecule has 94 valence electrons. The van der Waals surface area contributed by atoms with Crippen molar-refractivity contribution in [3.8, 4) is 0 Å². The Balaban J connectivity index is 1.70. The summed E-state index contributed by atoms with van der Waals surface area (Å²) in [6.07, 6.45) is 5.54. The second kappa shape index (κ2) is 4.61. The Morgan fingerprint density at radius 2 is 2.28 bits per heavy atom. The minimum Gasteiger partial charge on any atom is -0.397 e. The van der Waals surface area contributed by atoms with Crippen LogP contribution in [0.15, 0.2) is 18.3 Å². The Kier molecular flexibility index (Phi) is 2.96. The van der Waals surface area contributed by atoms with E-state index in [9.17, 15) is 0 Å². The number of nitrogens with two attached hydrogens (primary N) is 1. The molecule has 3 N–H and O–H groups in total. The summed E-state index contributed by atoms with van der Waals surface area (Å²) in [6, 6.07) is 4.29. The average Bonchev–Trinajstić information content (AvgIpc) is 2.88. The van der Waals surface area contributed by atoms with Gasteiger partial charge in [0.15, 0.2) is 0 Å². The molecule has 3 rings (SSSR count). The molecule has 0 bridgehead atoms. The van der Waals surface area contributed by atoms with E-state index in [1.807, 2.05) is 24.3 Å². The zero-order valence-corrected chi connectivity index (χ0v) is 11.3. The molecule has 0 saturated heterocycles. The van der Waals surface area contributed by atoms with Crippen LogP contribution >= 0.6 is 11.3 Å². The number of aryl methyl sites for hydroxylation is 3. The summed E-state index contributed by atoms with van der Waals surface area (Å²) in [5, 5.41) is 3.39. The number of hydrogen-bond acceptors (Lipinski definition) is 4. The lowest BCUT2D eigenvalue weighted by Gasteiger charge is -2.07. The molecule has 0 spiro atoms. The third-order valence-electron chi connectivity index (χ3n) is 3.33. The number of aromatic nitrogens is 1. The van der Waals surface area contributed by atoms with E-state index in [1.165, 1.54) is 24.1 Å². The van der Waals surface area contributed by atoms with Crippen LogP contribution in [0.2, 0.25) is 0 Å². The number of nitrogen functional groups attached to an aromatic ring is 1. The van der Waals surface area contributed by atoms with Crippen molar-refractivity contribution < 1.29 is 0 Å². The Morgan fingerprint density at radius 3 is 3.06 bits per heavy atom. The summed E-state index contributed by atoms with van der Waals surface area (Å²) < 4.78 is 0. The highest BCUT2D eigenvalue weighted by molar-refractivity contribution is 7.12. The predicted octanol–water partition coefficient (Wildman–Crippen LogP) is 3.13. The lowest BCUT2D eigenvalue weighted by Crippen LogP contribution is -2.02. The van der Waals surface area contributed by atoms with Crippen molar-refractivity contribution >= 4 is 22.8 Å². The minimum atomic E-state index is 0.716. The maximum absolute atomic E-state index is 5.70. The lowest BCUT2D eigenvalue weighted by molar-refractivity contribution is 0.913. The van der Waals surface area contributed by atoms with E-state index in [-0.39, 0.29) is 0 Å². The van der Waals surface area contributed by atoms with E-state index in [1.54, 1.807) is 16.6 Å². The summed E-state index contributed by atoms with van der Waals surface area (Å²) in [5.41, 5.74) is 9.06. The molecule has 1 aliphatic rings. The Hall–Kier alpha value is -1.55. The van der Waals surface area contributed by atoms with Gasteiger partial charge in [-0.25, -0.2) is 4.98 Å². The van der Waals surface area contributed by atoms with Gasteiger partial charge in [-0.3, -0.25) is 0 Å². The summed E-state index contributed by atoms with van der Waals surface area (Å²) in [6.45, 7) is 2.88. The monoisotopic (exact) mass is 259 g/mol. The normalized spacial score (nSPS) is 13.6. The van der Waals surface area contributed by atoms with Gasteiger partial charge in [0.05, 0.1) is 18.4 Å². The summed E-state index contributed by atoms with van der Waals surface area (Å²) in [4.78, 5) is 7.30. The van der Waals surface area contributed by atoms with Gasteiger partial charge in [-0.1, -0.05) is 0 Å². The lowest BCUT2D eigenvalue weighted by atomic mass is 10.2. The first-order valence-electron chi connectivity index (χ1n) is 6.29. The molecule has 2 aromatic rings. The number of rotatable bonds is 3. The number of nitrogens with zero attached hydrogens (tertiary/aromatic N) is 1. The molecule has 4 heteroatoms. The van der Waals surface area contributed by atoms with Gasteiger partial charge in [-0.05, 0) is 49.4 Å². The number of nitrogens with one attached hydrogen (secondary N) is 1. The second-order valence-corrected chi connectivity index (χ2v) is 6.02. The van der Waals surface area contributed by atoms with Crippen LogP contribution < -0.4 is 11.1 Å². The standard InChI is InChI=1S/C14H17N3S/c1-9-5-11(15)7-16-14(9)17-8-12-6-10-3-2-4-13(10)18-12/h5-7H,2-4,8,15H2,1H3,(H,16,17). The van der Waals surface area contributed by atoms with Crippen molar-refractivity contribution in [1.82, 2.24) is 4.98 Å². The Morgan fingerprint density at radius 1 is 1.39 bits per heavy atom. The largest absolute Gasteiger partial charge is 0.397 e. The first kappa shape index (κ1) is 11.5. The van der Waals surface area contributed by atoms with Gasteiger partial charge in [0.1, 0.15) is 5.82 Å². The fourth-order valence-corrected chi connectivity index (χ4v) is 3.63. The predicted molar refractivity (Wildman–Crippen MR) is 77.1 cm³/mol. The summed E-state index contributed by atoms with van der Waals surface area (Å²) in [5.74, 6) is 0.928. The SMILES string of the molecule is Cc1cc(N)cnc1NCc1cc2c(s1)CCC2. The molecule has 3 nitrogen and oxygen atoms in total. The van der Waals surface area contributed by atoms with Crippen molar-refractivity contribution in [2.75, 3.05) is 11.1 Å². The Labute approximate surface area is 111 Å². The fraction of sp³-hybridized carbons (Fsp3) is 0.357. The molecule has 0 aliphatic heterocycles. The smallest absolute Gasteiger partial charge is 0.129 e. The Bertz CT molecular complexity index is 553. The quantitative estimate of drug-likeness (QED) is 0.890. The topological polar surface area (TPSA) is 50.9 Å². The molecular weight excluding hydrogens is 242 g/mol. The maximum atomic E-state index is 5.70. The highest BCUT2D eigenvalue weighted by Gasteiger charge is 2.14. The van der Waals surface area contributed by atoms with Crippen molar-refractivity contribution in [3.63, 3.8) is 0 Å². The highest BCUT2D eigenvalue weighted by atomic mass is 32.1. The third kappa shape index (κ3) is 2.20. The van der Waals surface area contributed by atoms with Crippen LogP contribution in [0, 0.1) is 6.92 Å². The molecule has 0 atom stereocenters. The third-order valence-corrected chi connectivity index (χ3v) is 4.56. The molecule has 2 heterocycles. The van der Waals surface area contributed by atoms with Crippen LogP contribution in [0.3, 0.4) is 0 Å². The van der Waals surface area contributed by atoms with Crippen molar-refractivity contribution in [2.45, 2.75) is 32.7 Å². The van der Waals surface area contributed by atoms with Crippen LogP contribution in [-0.4, -0.2) is 4.98 Å². The molecule has 0 amide bonds. The minimum absolute atomic E-state index is 0.716. The maximum Gasteiger partial charge on any atom is 0.129 e. The molecule has 0 fully saturated rings. The average molecular weight is 259 g/mol. The summed E-state index contributed by atoms with van der Waals surface area (Å²) in [7, 11) is 0. The van der Waals surface area contributed by atoms with E-state index >= 15 is 0 Å². The molecular formula is C14H17N3S. The van der Waals surface area contributed by atoms with Crippen molar-refractivity contribution in [1.29, 1.82) is 0 Å². The van der Waals surface area contributed by atoms with Gasteiger partial charge >= 0.3 is 0 Å². The zero-order chi connectivity index (χ0) is 12.5. The fourth-order valence-electron chi connectivity index (χ4n) is 2.43. The van der Waals surface area contributed by atoms with Crippen LogP contribution in [0.1, 0.15) is 27.3 Å². The molecule has 1 aliphatic carbocycles. The molecule has 0 unspecified atom stereocenters. The highest BCUT2D eigenvalue weighted by Crippen LogP contribution is 2.31. The van der Waals surface area contributed by atoms with Gasteiger partial charge in [0.2, 0.25) is 0 Å². The van der Waals surface area contributed by atoms with Gasteiger partial charge in [-0.2, -0.15) is 0 Å². The molecule has 18 heavy (non-hydrogen) atoms. The second-order valence-electron chi connectivity index (χ2n) is 4.80. The van der Waals surface area contributed by atoms with Gasteiger partial charge in [0, 0.05) is 9.75 Å². The van der Waals surface area contributed by atoms with Gasteiger partial charge < -0.3 is 11.1 Å². The molecule has 0 radical (unpaired) electrons. The number of thiophene rings is 1. The first-order chi connectivity index (χ1) is 8.72. The number of pyridine rings is 1. The van der Waals surface area contributed by atoms with E-state index in [0.717, 1.165) is 17.9 Å². The number of fused-ring (bicyclic) bond motifs is 1. The van der Waals surface area contributed by atoms with Crippen LogP contribution in [0.25, 0.3) is 0 Å². The summed E-state index contributed by atoms with van der Waals surface area (Å²) >= 11 is 1.94. The van der Waals surface area contributed by atoms with E-state index in [2.05, 4.69) is 16.4 Å². The molecule has 2 aromatic heterocycles. The van der Waals surface area contributed by atoms with E-state index in [4.69, 9.17) is 5.73 Å². The zero-order valence-electron chi connectivity index (χ0n) is 10.5.